The number of nitrogens with zero attached hydrogens (tertiary/aromatic N) is 1. The topological polar surface area (TPSA) is 75.7 Å². The molecule has 0 unspecified atom stereocenters. The fourth-order valence-electron chi connectivity index (χ4n) is 3.04. The third-order valence-corrected chi connectivity index (χ3v) is 7.49. The third-order valence-electron chi connectivity index (χ3n) is 4.57. The third kappa shape index (κ3) is 5.09. The number of rotatable bonds is 6. The fraction of sp³-hybridized carbons (Fsp3) is 0.421. The predicted molar refractivity (Wildman–Crippen MR) is 106 cm³/mol. The van der Waals surface area contributed by atoms with Gasteiger partial charge < -0.3 is 9.64 Å². The molecule has 1 fully saturated rings. The van der Waals surface area contributed by atoms with Crippen molar-refractivity contribution in [1.82, 2.24) is 9.62 Å². The summed E-state index contributed by atoms with van der Waals surface area (Å²) in [5.74, 6) is 0.593. The van der Waals surface area contributed by atoms with Crippen molar-refractivity contribution in [2.24, 2.45) is 0 Å². The van der Waals surface area contributed by atoms with Gasteiger partial charge >= 0.3 is 0 Å². The molecular weight excluding hydrogens is 384 g/mol. The van der Waals surface area contributed by atoms with Crippen molar-refractivity contribution >= 4 is 27.3 Å². The number of thiophene rings is 1. The van der Waals surface area contributed by atoms with Crippen molar-refractivity contribution in [3.8, 4) is 5.75 Å². The second-order valence-corrected chi connectivity index (χ2v) is 9.61. The monoisotopic (exact) mass is 408 g/mol. The first-order valence-corrected chi connectivity index (χ1v) is 11.3. The summed E-state index contributed by atoms with van der Waals surface area (Å²) in [6.07, 6.45) is 0.605. The van der Waals surface area contributed by atoms with Crippen LogP contribution in [0.3, 0.4) is 0 Å². The van der Waals surface area contributed by atoms with Crippen LogP contribution in [0.15, 0.2) is 46.0 Å². The highest BCUT2D eigenvalue weighted by molar-refractivity contribution is 7.91. The maximum atomic E-state index is 12.6. The molecule has 0 bridgehead atoms. The summed E-state index contributed by atoms with van der Waals surface area (Å²) < 4.78 is 33.4. The number of sulfonamides is 1. The van der Waals surface area contributed by atoms with E-state index in [2.05, 4.69) is 4.72 Å². The second kappa shape index (κ2) is 8.41. The van der Waals surface area contributed by atoms with Crippen LogP contribution < -0.4 is 9.46 Å². The first-order chi connectivity index (χ1) is 12.8. The first kappa shape index (κ1) is 19.9. The van der Waals surface area contributed by atoms with Crippen molar-refractivity contribution < 1.29 is 17.9 Å². The quantitative estimate of drug-likeness (QED) is 0.797. The van der Waals surface area contributed by atoms with Gasteiger partial charge in [0.1, 0.15) is 9.96 Å². The predicted octanol–water partition coefficient (Wildman–Crippen LogP) is 2.79. The SMILES string of the molecule is Cc1ccc(O[C@@H](C)C(=O)N2CCC(NS(=O)(=O)c3cccs3)CC2)cc1. The summed E-state index contributed by atoms with van der Waals surface area (Å²) >= 11 is 1.20. The summed E-state index contributed by atoms with van der Waals surface area (Å²) in [6, 6.07) is 10.7. The zero-order chi connectivity index (χ0) is 19.4. The standard InChI is InChI=1S/C19H24N2O4S2/c1-14-5-7-17(8-6-14)25-15(2)19(22)21-11-9-16(10-12-21)20-27(23,24)18-4-3-13-26-18/h3-8,13,15-16,20H,9-12H2,1-2H3/t15-/m0/s1. The molecule has 0 spiro atoms. The molecule has 0 saturated carbocycles. The molecule has 1 aliphatic rings. The Morgan fingerprint density at radius 1 is 1.22 bits per heavy atom. The Morgan fingerprint density at radius 2 is 1.89 bits per heavy atom. The molecule has 1 aromatic carbocycles. The van der Waals surface area contributed by atoms with E-state index in [0.717, 1.165) is 5.56 Å². The average molecular weight is 409 g/mol. The number of carbonyl (C=O) groups excluding carboxylic acids is 1. The minimum absolute atomic E-state index is 0.0739. The lowest BCUT2D eigenvalue weighted by molar-refractivity contribution is -0.139. The van der Waals surface area contributed by atoms with E-state index >= 15 is 0 Å². The zero-order valence-electron chi connectivity index (χ0n) is 15.4. The highest BCUT2D eigenvalue weighted by Crippen LogP contribution is 2.20. The zero-order valence-corrected chi connectivity index (χ0v) is 17.1. The number of carbonyl (C=O) groups is 1. The van der Waals surface area contributed by atoms with Gasteiger partial charge in [-0.25, -0.2) is 13.1 Å². The van der Waals surface area contributed by atoms with E-state index < -0.39 is 16.1 Å². The van der Waals surface area contributed by atoms with Crippen LogP contribution >= 0.6 is 11.3 Å². The molecule has 3 rings (SSSR count). The van der Waals surface area contributed by atoms with Gasteiger partial charge in [0.25, 0.3) is 5.91 Å². The molecule has 146 valence electrons. The van der Waals surface area contributed by atoms with Crippen LogP contribution in [0.1, 0.15) is 25.3 Å². The molecule has 2 heterocycles. The minimum atomic E-state index is -3.47. The van der Waals surface area contributed by atoms with Gasteiger partial charge in [0.2, 0.25) is 10.0 Å². The summed E-state index contributed by atoms with van der Waals surface area (Å²) in [4.78, 5) is 14.4. The fourth-order valence-corrected chi connectivity index (χ4v) is 5.35. The number of piperidine rings is 1. The van der Waals surface area contributed by atoms with Crippen LogP contribution in [0.4, 0.5) is 0 Å². The smallest absolute Gasteiger partial charge is 0.263 e. The van der Waals surface area contributed by atoms with Gasteiger partial charge in [0.15, 0.2) is 6.10 Å². The number of aryl methyl sites for hydroxylation is 1. The summed E-state index contributed by atoms with van der Waals surface area (Å²) in [5, 5.41) is 1.74. The van der Waals surface area contributed by atoms with E-state index in [4.69, 9.17) is 4.74 Å². The first-order valence-electron chi connectivity index (χ1n) is 8.93. The van der Waals surface area contributed by atoms with Crippen LogP contribution in [0, 0.1) is 6.92 Å². The molecule has 6 nitrogen and oxygen atoms in total. The van der Waals surface area contributed by atoms with Crippen LogP contribution in [-0.2, 0) is 14.8 Å². The van der Waals surface area contributed by atoms with Gasteiger partial charge in [-0.15, -0.1) is 11.3 Å². The van der Waals surface area contributed by atoms with Gasteiger partial charge in [-0.1, -0.05) is 23.8 Å². The van der Waals surface area contributed by atoms with Gasteiger partial charge in [0.05, 0.1) is 0 Å². The molecule has 2 aromatic rings. The average Bonchev–Trinajstić information content (AvgIpc) is 3.19. The minimum Gasteiger partial charge on any atom is -0.481 e. The molecule has 1 amide bonds. The number of ether oxygens (including phenoxy) is 1. The largest absolute Gasteiger partial charge is 0.481 e. The van der Waals surface area contributed by atoms with Crippen LogP contribution in [0.25, 0.3) is 0 Å². The lowest BCUT2D eigenvalue weighted by Crippen LogP contribution is -2.49. The maximum absolute atomic E-state index is 12.6. The van der Waals surface area contributed by atoms with Gasteiger partial charge in [-0.3, -0.25) is 4.79 Å². The van der Waals surface area contributed by atoms with Crippen molar-refractivity contribution in [2.75, 3.05) is 13.1 Å². The Hall–Kier alpha value is -1.90. The number of nitrogens with one attached hydrogen (secondary N) is 1. The number of amides is 1. The van der Waals surface area contributed by atoms with Gasteiger partial charge in [-0.05, 0) is 50.3 Å². The van der Waals surface area contributed by atoms with Gasteiger partial charge in [-0.2, -0.15) is 0 Å². The molecule has 27 heavy (non-hydrogen) atoms. The van der Waals surface area contributed by atoms with Crippen LogP contribution in [-0.4, -0.2) is 44.5 Å². The van der Waals surface area contributed by atoms with Crippen molar-refractivity contribution in [1.29, 1.82) is 0 Å². The van der Waals surface area contributed by atoms with Crippen molar-refractivity contribution in [3.05, 3.63) is 47.3 Å². The Bertz CT molecular complexity index is 856. The molecule has 1 aromatic heterocycles. The highest BCUT2D eigenvalue weighted by atomic mass is 32.2. The molecule has 8 heteroatoms. The molecule has 0 radical (unpaired) electrons. The van der Waals surface area contributed by atoms with Crippen LogP contribution in [0.5, 0.6) is 5.75 Å². The van der Waals surface area contributed by atoms with Crippen molar-refractivity contribution in [2.45, 2.75) is 43.0 Å². The Kier molecular flexibility index (Phi) is 6.18. The lowest BCUT2D eigenvalue weighted by Gasteiger charge is -2.33. The van der Waals surface area contributed by atoms with E-state index in [1.807, 2.05) is 31.2 Å². The van der Waals surface area contributed by atoms with E-state index in [1.54, 1.807) is 29.3 Å². The molecule has 1 saturated heterocycles. The molecule has 1 aliphatic heterocycles. The summed E-state index contributed by atoms with van der Waals surface area (Å²) in [5.41, 5.74) is 1.13. The van der Waals surface area contributed by atoms with Crippen molar-refractivity contribution in [3.63, 3.8) is 0 Å². The molecule has 1 N–H and O–H groups in total. The van der Waals surface area contributed by atoms with Crippen LogP contribution in [0.2, 0.25) is 0 Å². The van der Waals surface area contributed by atoms with E-state index in [-0.39, 0.29) is 11.9 Å². The molecular formula is C19H24N2O4S2. The van der Waals surface area contributed by atoms with E-state index in [9.17, 15) is 13.2 Å². The number of hydrogen-bond donors (Lipinski definition) is 1. The molecule has 0 aliphatic carbocycles. The van der Waals surface area contributed by atoms with Gasteiger partial charge in [0, 0.05) is 19.1 Å². The number of hydrogen-bond acceptors (Lipinski definition) is 5. The van der Waals surface area contributed by atoms with E-state index in [1.165, 1.54) is 11.3 Å². The summed E-state index contributed by atoms with van der Waals surface area (Å²) in [6.45, 7) is 4.76. The highest BCUT2D eigenvalue weighted by Gasteiger charge is 2.29. The number of benzene rings is 1. The van der Waals surface area contributed by atoms with E-state index in [0.29, 0.717) is 35.9 Å². The Labute approximate surface area is 164 Å². The normalized spacial score (nSPS) is 16.9. The summed E-state index contributed by atoms with van der Waals surface area (Å²) in [7, 11) is -3.47. The second-order valence-electron chi connectivity index (χ2n) is 6.73. The Balaban J connectivity index is 1.51. The number of likely N-dealkylation sites (tertiary alicyclic amines) is 1. The lowest BCUT2D eigenvalue weighted by atomic mass is 10.1. The maximum Gasteiger partial charge on any atom is 0.263 e. The molecule has 1 atom stereocenters. The Morgan fingerprint density at radius 3 is 2.48 bits per heavy atom.